The van der Waals surface area contributed by atoms with Crippen LogP contribution in [-0.2, 0) is 19.0 Å². The Hall–Kier alpha value is -4.77. The molecule has 0 aliphatic carbocycles. The van der Waals surface area contributed by atoms with Gasteiger partial charge in [-0.2, -0.15) is 0 Å². The fourth-order valence-electron chi connectivity index (χ4n) is 4.07. The number of methoxy groups -OCH3 is 1. The van der Waals surface area contributed by atoms with Gasteiger partial charge in [-0.25, -0.2) is 19.4 Å². The van der Waals surface area contributed by atoms with Crippen molar-refractivity contribution >= 4 is 51.1 Å². The average molecular weight is 577 g/mol. The molecular weight excluding hydrogens is 548 g/mol. The van der Waals surface area contributed by atoms with Crippen LogP contribution in [0.2, 0.25) is 0 Å². The van der Waals surface area contributed by atoms with Crippen molar-refractivity contribution in [2.75, 3.05) is 32.2 Å². The number of fused-ring (bicyclic) bond motifs is 1. The van der Waals surface area contributed by atoms with Crippen molar-refractivity contribution in [2.45, 2.75) is 20.8 Å². The molecule has 10 nitrogen and oxygen atoms in total. The van der Waals surface area contributed by atoms with E-state index in [0.717, 1.165) is 16.9 Å². The number of ether oxygens (including phenoxy) is 4. The Bertz CT molecular complexity index is 1610. The van der Waals surface area contributed by atoms with Crippen LogP contribution in [0.4, 0.5) is 5.00 Å². The lowest BCUT2D eigenvalue weighted by atomic mass is 10.0. The van der Waals surface area contributed by atoms with Crippen LogP contribution < -0.4 is 10.1 Å². The first-order chi connectivity index (χ1) is 19.8. The van der Waals surface area contributed by atoms with Gasteiger partial charge in [-0.3, -0.25) is 4.79 Å². The highest BCUT2D eigenvalue weighted by Crippen LogP contribution is 2.34. The number of rotatable bonds is 10. The normalized spacial score (nSPS) is 10.6. The fraction of sp³-hybridized carbons (Fsp3) is 0.233. The van der Waals surface area contributed by atoms with Crippen LogP contribution in [-0.4, -0.2) is 55.7 Å². The van der Waals surface area contributed by atoms with E-state index in [1.165, 1.54) is 7.11 Å². The van der Waals surface area contributed by atoms with Gasteiger partial charge in [0, 0.05) is 10.9 Å². The third-order valence-corrected chi connectivity index (χ3v) is 7.17. The second kappa shape index (κ2) is 13.1. The molecule has 0 fully saturated rings. The minimum Gasteiger partial charge on any atom is -0.497 e. The Kier molecular flexibility index (Phi) is 9.30. The summed E-state index contributed by atoms with van der Waals surface area (Å²) in [4.78, 5) is 56.0. The minimum absolute atomic E-state index is 0.0410. The molecule has 0 atom stereocenters. The van der Waals surface area contributed by atoms with Gasteiger partial charge in [0.2, 0.25) is 0 Å². The van der Waals surface area contributed by atoms with E-state index < -0.39 is 30.4 Å². The number of amides is 1. The van der Waals surface area contributed by atoms with E-state index in [9.17, 15) is 19.2 Å². The van der Waals surface area contributed by atoms with Crippen molar-refractivity contribution in [3.63, 3.8) is 0 Å². The monoisotopic (exact) mass is 576 g/mol. The maximum absolute atomic E-state index is 13.3. The quantitative estimate of drug-likeness (QED) is 0.194. The zero-order chi connectivity index (χ0) is 29.5. The highest BCUT2D eigenvalue weighted by Gasteiger charge is 2.27. The Morgan fingerprint density at radius 2 is 1.59 bits per heavy atom. The van der Waals surface area contributed by atoms with Crippen molar-refractivity contribution < 1.29 is 38.1 Å². The van der Waals surface area contributed by atoms with Crippen molar-refractivity contribution in [3.8, 4) is 17.0 Å². The largest absolute Gasteiger partial charge is 0.497 e. The number of aromatic nitrogens is 1. The number of nitrogens with one attached hydrogen (secondary N) is 1. The highest BCUT2D eigenvalue weighted by molar-refractivity contribution is 7.18. The highest BCUT2D eigenvalue weighted by atomic mass is 32.1. The molecule has 0 radical (unpaired) electrons. The number of hydrogen-bond acceptors (Lipinski definition) is 10. The molecular formula is C30H28N2O8S. The fourth-order valence-corrected chi connectivity index (χ4v) is 5.18. The first-order valence-electron chi connectivity index (χ1n) is 12.8. The lowest BCUT2D eigenvalue weighted by molar-refractivity contribution is -0.119. The molecule has 212 valence electrons. The molecule has 0 unspecified atom stereocenters. The molecule has 2 aromatic heterocycles. The number of pyridine rings is 1. The summed E-state index contributed by atoms with van der Waals surface area (Å²) in [6.07, 6.45) is 0. The Balaban J connectivity index is 1.59. The Morgan fingerprint density at radius 3 is 2.27 bits per heavy atom. The maximum Gasteiger partial charge on any atom is 0.348 e. The van der Waals surface area contributed by atoms with Gasteiger partial charge in [0.1, 0.15) is 15.6 Å². The predicted octanol–water partition coefficient (Wildman–Crippen LogP) is 5.43. The standard InChI is InChI=1S/C30H28N2O8S/c1-5-38-29(35)25-17(3)26(30(36)39-6-2)41-27(25)32-24(33)16-40-28(34)21-15-23(18-10-8-7-9-11-18)31-22-13-12-19(37-4)14-20(21)22/h7-15H,5-6,16H2,1-4H3,(H,32,33). The third-order valence-electron chi connectivity index (χ3n) is 5.98. The van der Waals surface area contributed by atoms with E-state index in [2.05, 4.69) is 10.3 Å². The molecule has 4 aromatic rings. The number of anilines is 1. The number of benzene rings is 2. The first kappa shape index (κ1) is 29.2. The lowest BCUT2D eigenvalue weighted by Crippen LogP contribution is -2.22. The van der Waals surface area contributed by atoms with Crippen molar-refractivity contribution in [1.29, 1.82) is 0 Å². The number of hydrogen-bond donors (Lipinski definition) is 1. The summed E-state index contributed by atoms with van der Waals surface area (Å²) < 4.78 is 20.9. The molecule has 2 aromatic carbocycles. The lowest BCUT2D eigenvalue weighted by Gasteiger charge is -2.11. The van der Waals surface area contributed by atoms with E-state index in [1.807, 2.05) is 30.3 Å². The summed E-state index contributed by atoms with van der Waals surface area (Å²) in [6, 6.07) is 16.1. The molecule has 0 bridgehead atoms. The minimum atomic E-state index is -0.752. The smallest absolute Gasteiger partial charge is 0.348 e. The third kappa shape index (κ3) is 6.52. The van der Waals surface area contributed by atoms with Gasteiger partial charge in [0.15, 0.2) is 6.61 Å². The van der Waals surface area contributed by atoms with Crippen LogP contribution in [0, 0.1) is 6.92 Å². The van der Waals surface area contributed by atoms with Crippen molar-refractivity contribution in [2.24, 2.45) is 0 Å². The van der Waals surface area contributed by atoms with E-state index in [1.54, 1.807) is 45.0 Å². The van der Waals surface area contributed by atoms with E-state index in [0.29, 0.717) is 27.9 Å². The van der Waals surface area contributed by atoms with Gasteiger partial charge in [-0.15, -0.1) is 11.3 Å². The van der Waals surface area contributed by atoms with Gasteiger partial charge in [-0.1, -0.05) is 30.3 Å². The Morgan fingerprint density at radius 1 is 0.878 bits per heavy atom. The zero-order valence-electron chi connectivity index (χ0n) is 22.9. The van der Waals surface area contributed by atoms with Gasteiger partial charge in [-0.05, 0) is 50.6 Å². The summed E-state index contributed by atoms with van der Waals surface area (Å²) >= 11 is 0.883. The van der Waals surface area contributed by atoms with E-state index >= 15 is 0 Å². The van der Waals surface area contributed by atoms with Gasteiger partial charge >= 0.3 is 17.9 Å². The first-order valence-corrected chi connectivity index (χ1v) is 13.6. The number of carbonyl (C=O) groups excluding carboxylic acids is 4. The van der Waals surface area contributed by atoms with Gasteiger partial charge in [0.25, 0.3) is 5.91 Å². The molecule has 11 heteroatoms. The van der Waals surface area contributed by atoms with E-state index in [4.69, 9.17) is 18.9 Å². The van der Waals surface area contributed by atoms with Gasteiger partial charge in [0.05, 0.1) is 42.7 Å². The molecule has 1 amide bonds. The topological polar surface area (TPSA) is 130 Å². The molecule has 41 heavy (non-hydrogen) atoms. The van der Waals surface area contributed by atoms with Crippen LogP contribution in [0.15, 0.2) is 54.6 Å². The number of nitrogens with zero attached hydrogens (tertiary/aromatic N) is 1. The Labute approximate surface area is 240 Å². The van der Waals surface area contributed by atoms with Crippen molar-refractivity contribution in [1.82, 2.24) is 4.98 Å². The van der Waals surface area contributed by atoms with Crippen LogP contribution >= 0.6 is 11.3 Å². The number of esters is 3. The zero-order valence-corrected chi connectivity index (χ0v) is 23.8. The van der Waals surface area contributed by atoms with Crippen molar-refractivity contribution in [3.05, 3.63) is 76.2 Å². The summed E-state index contributed by atoms with van der Waals surface area (Å²) in [5.74, 6) is -2.26. The molecule has 0 saturated carbocycles. The molecule has 1 N–H and O–H groups in total. The van der Waals surface area contributed by atoms with E-state index in [-0.39, 0.29) is 34.2 Å². The summed E-state index contributed by atoms with van der Waals surface area (Å²) in [6.45, 7) is 4.47. The number of carbonyl (C=O) groups is 4. The molecule has 0 aliphatic heterocycles. The molecule has 4 rings (SSSR count). The molecule has 0 saturated heterocycles. The van der Waals surface area contributed by atoms with Crippen LogP contribution in [0.5, 0.6) is 5.75 Å². The predicted molar refractivity (Wildman–Crippen MR) is 154 cm³/mol. The average Bonchev–Trinajstić information content (AvgIpc) is 3.31. The van der Waals surface area contributed by atoms with Crippen LogP contribution in [0.3, 0.4) is 0 Å². The molecule has 2 heterocycles. The molecule has 0 spiro atoms. The maximum atomic E-state index is 13.3. The second-order valence-corrected chi connectivity index (χ2v) is 9.65. The SMILES string of the molecule is CCOC(=O)c1sc(NC(=O)COC(=O)c2cc(-c3ccccc3)nc3ccc(OC)cc23)c(C(=O)OCC)c1C. The van der Waals surface area contributed by atoms with Crippen LogP contribution in [0.1, 0.15) is 49.8 Å². The van der Waals surface area contributed by atoms with Crippen LogP contribution in [0.25, 0.3) is 22.2 Å². The number of thiophene rings is 1. The van der Waals surface area contributed by atoms with Gasteiger partial charge < -0.3 is 24.3 Å². The molecule has 0 aliphatic rings. The summed E-state index contributed by atoms with van der Waals surface area (Å²) in [5, 5.41) is 3.15. The second-order valence-electron chi connectivity index (χ2n) is 8.63. The summed E-state index contributed by atoms with van der Waals surface area (Å²) in [5.41, 5.74) is 2.46. The summed E-state index contributed by atoms with van der Waals surface area (Å²) in [7, 11) is 1.51.